The molecular weight excluding hydrogens is 307 g/mol. The van der Waals surface area contributed by atoms with E-state index in [2.05, 4.69) is 28.7 Å². The number of nitriles is 1. The van der Waals surface area contributed by atoms with Crippen molar-refractivity contribution in [2.75, 3.05) is 5.73 Å². The summed E-state index contributed by atoms with van der Waals surface area (Å²) < 4.78 is 2.26. The van der Waals surface area contributed by atoms with Gasteiger partial charge in [0, 0.05) is 19.5 Å². The monoisotopic (exact) mass is 314 g/mol. The van der Waals surface area contributed by atoms with Crippen LogP contribution < -0.4 is 5.73 Å². The van der Waals surface area contributed by atoms with E-state index in [0.717, 1.165) is 18.8 Å². The van der Waals surface area contributed by atoms with Crippen LogP contribution in [0, 0.1) is 14.9 Å². The maximum atomic E-state index is 8.66. The lowest BCUT2D eigenvalue weighted by Crippen LogP contribution is -1.82. The van der Waals surface area contributed by atoms with Crippen LogP contribution in [0.25, 0.3) is 10.1 Å². The molecule has 0 aliphatic rings. The molecule has 2 N–H and O–H groups in total. The minimum atomic E-state index is 0.469. The van der Waals surface area contributed by atoms with Crippen molar-refractivity contribution in [1.82, 2.24) is 0 Å². The van der Waals surface area contributed by atoms with Gasteiger partial charge in [-0.1, -0.05) is 12.1 Å². The van der Waals surface area contributed by atoms with E-state index in [-0.39, 0.29) is 0 Å². The molecule has 0 saturated heterocycles. The molecule has 1 heterocycles. The predicted molar refractivity (Wildman–Crippen MR) is 68.3 cm³/mol. The molecular formula is C10H7IN2S. The van der Waals surface area contributed by atoms with Gasteiger partial charge in [0.1, 0.15) is 0 Å². The molecule has 0 spiro atoms. The highest BCUT2D eigenvalue weighted by atomic mass is 127. The van der Waals surface area contributed by atoms with Gasteiger partial charge in [0.05, 0.1) is 17.2 Å². The zero-order valence-electron chi connectivity index (χ0n) is 7.25. The number of halogens is 1. The molecule has 0 saturated carbocycles. The Morgan fingerprint density at radius 1 is 1.50 bits per heavy atom. The molecule has 4 heteroatoms. The Labute approximate surface area is 99.5 Å². The fourth-order valence-corrected chi connectivity index (χ4v) is 3.55. The van der Waals surface area contributed by atoms with Crippen LogP contribution >= 0.6 is 33.9 Å². The van der Waals surface area contributed by atoms with Crippen molar-refractivity contribution in [3.05, 3.63) is 26.6 Å². The summed E-state index contributed by atoms with van der Waals surface area (Å²) in [5, 5.41) is 9.83. The first-order valence-electron chi connectivity index (χ1n) is 4.06. The number of nitrogen functional groups attached to an aromatic ring is 1. The summed E-state index contributed by atoms with van der Waals surface area (Å²) in [6.45, 7) is 0. The SMILES string of the molecule is N#CCc1sc2c(N)cccc2c1I. The van der Waals surface area contributed by atoms with Gasteiger partial charge in [-0.25, -0.2) is 0 Å². The van der Waals surface area contributed by atoms with E-state index in [0.29, 0.717) is 6.42 Å². The lowest BCUT2D eigenvalue weighted by Gasteiger charge is -1.93. The van der Waals surface area contributed by atoms with Gasteiger partial charge in [0.15, 0.2) is 0 Å². The Bertz CT molecular complexity index is 525. The Morgan fingerprint density at radius 2 is 2.29 bits per heavy atom. The number of hydrogen-bond acceptors (Lipinski definition) is 3. The van der Waals surface area contributed by atoms with Gasteiger partial charge in [0.2, 0.25) is 0 Å². The van der Waals surface area contributed by atoms with Crippen molar-refractivity contribution in [3.63, 3.8) is 0 Å². The van der Waals surface area contributed by atoms with Crippen LogP contribution in [0.5, 0.6) is 0 Å². The molecule has 0 radical (unpaired) electrons. The molecule has 1 aromatic heterocycles. The summed E-state index contributed by atoms with van der Waals surface area (Å²) in [5.41, 5.74) is 6.66. The maximum absolute atomic E-state index is 8.66. The molecule has 2 rings (SSSR count). The zero-order chi connectivity index (χ0) is 10.1. The first-order valence-corrected chi connectivity index (χ1v) is 5.96. The van der Waals surface area contributed by atoms with Gasteiger partial charge in [-0.2, -0.15) is 5.26 Å². The van der Waals surface area contributed by atoms with E-state index >= 15 is 0 Å². The van der Waals surface area contributed by atoms with Crippen molar-refractivity contribution in [2.45, 2.75) is 6.42 Å². The second-order valence-corrected chi connectivity index (χ2v) is 5.08. The standard InChI is InChI=1S/C10H7IN2S/c11-9-6-2-1-3-7(13)10(6)14-8(9)4-5-12/h1-3H,4,13H2. The van der Waals surface area contributed by atoms with Crippen molar-refractivity contribution < 1.29 is 0 Å². The number of hydrogen-bond donors (Lipinski definition) is 1. The van der Waals surface area contributed by atoms with Gasteiger partial charge in [-0.15, -0.1) is 11.3 Å². The minimum absolute atomic E-state index is 0.469. The molecule has 0 fully saturated rings. The van der Waals surface area contributed by atoms with E-state index in [1.54, 1.807) is 11.3 Å². The third-order valence-corrected chi connectivity index (χ3v) is 4.84. The number of rotatable bonds is 1. The minimum Gasteiger partial charge on any atom is -0.398 e. The van der Waals surface area contributed by atoms with Crippen LogP contribution in [0.2, 0.25) is 0 Å². The summed E-state index contributed by atoms with van der Waals surface area (Å²) >= 11 is 3.90. The molecule has 70 valence electrons. The molecule has 2 aromatic rings. The highest BCUT2D eigenvalue weighted by Crippen LogP contribution is 2.35. The third-order valence-electron chi connectivity index (χ3n) is 1.99. The van der Waals surface area contributed by atoms with E-state index in [1.165, 1.54) is 5.39 Å². The summed E-state index contributed by atoms with van der Waals surface area (Å²) in [6, 6.07) is 8.06. The van der Waals surface area contributed by atoms with E-state index in [9.17, 15) is 0 Å². The third kappa shape index (κ3) is 1.47. The first kappa shape index (κ1) is 9.74. The predicted octanol–water partition coefficient (Wildman–Crippen LogP) is 3.15. The van der Waals surface area contributed by atoms with Gasteiger partial charge < -0.3 is 5.73 Å². The van der Waals surface area contributed by atoms with Gasteiger partial charge in [0.25, 0.3) is 0 Å². The fourth-order valence-electron chi connectivity index (χ4n) is 1.35. The molecule has 0 atom stereocenters. The lowest BCUT2D eigenvalue weighted by atomic mass is 10.2. The zero-order valence-corrected chi connectivity index (χ0v) is 10.2. The average Bonchev–Trinajstić information content (AvgIpc) is 2.48. The van der Waals surface area contributed by atoms with Gasteiger partial charge in [-0.3, -0.25) is 0 Å². The van der Waals surface area contributed by atoms with Crippen molar-refractivity contribution in [1.29, 1.82) is 5.26 Å². The molecule has 0 aliphatic heterocycles. The summed E-state index contributed by atoms with van der Waals surface area (Å²) in [4.78, 5) is 1.11. The van der Waals surface area contributed by atoms with E-state index in [4.69, 9.17) is 11.0 Å². The van der Waals surface area contributed by atoms with Crippen LogP contribution in [0.3, 0.4) is 0 Å². The Balaban J connectivity index is 2.74. The number of benzene rings is 1. The molecule has 2 nitrogen and oxygen atoms in total. The first-order chi connectivity index (χ1) is 6.74. The van der Waals surface area contributed by atoms with Crippen molar-refractivity contribution in [2.24, 2.45) is 0 Å². The second-order valence-electron chi connectivity index (χ2n) is 2.90. The topological polar surface area (TPSA) is 49.8 Å². The van der Waals surface area contributed by atoms with Gasteiger partial charge >= 0.3 is 0 Å². The van der Waals surface area contributed by atoms with Crippen LogP contribution in [0.4, 0.5) is 5.69 Å². The number of thiophene rings is 1. The quantitative estimate of drug-likeness (QED) is 0.649. The molecule has 14 heavy (non-hydrogen) atoms. The average molecular weight is 314 g/mol. The Kier molecular flexibility index (Phi) is 2.61. The molecule has 0 unspecified atom stereocenters. The van der Waals surface area contributed by atoms with Crippen LogP contribution in [-0.4, -0.2) is 0 Å². The van der Waals surface area contributed by atoms with Crippen molar-refractivity contribution in [3.8, 4) is 6.07 Å². The smallest absolute Gasteiger partial charge is 0.0706 e. The Hall–Kier alpha value is -0.800. The number of anilines is 1. The largest absolute Gasteiger partial charge is 0.398 e. The number of nitrogens with zero attached hydrogens (tertiary/aromatic N) is 1. The summed E-state index contributed by atoms with van der Waals surface area (Å²) in [6.07, 6.45) is 0.469. The molecule has 0 amide bonds. The maximum Gasteiger partial charge on any atom is 0.0706 e. The van der Waals surface area contributed by atoms with Crippen LogP contribution in [0.1, 0.15) is 4.88 Å². The van der Waals surface area contributed by atoms with Gasteiger partial charge in [-0.05, 0) is 28.7 Å². The molecule has 0 bridgehead atoms. The highest BCUT2D eigenvalue weighted by molar-refractivity contribution is 14.1. The summed E-state index contributed by atoms with van der Waals surface area (Å²) in [7, 11) is 0. The van der Waals surface area contributed by atoms with Crippen LogP contribution in [-0.2, 0) is 6.42 Å². The summed E-state index contributed by atoms with van der Waals surface area (Å²) in [5.74, 6) is 0. The van der Waals surface area contributed by atoms with Crippen LogP contribution in [0.15, 0.2) is 18.2 Å². The Morgan fingerprint density at radius 3 is 2.93 bits per heavy atom. The fraction of sp³-hybridized carbons (Fsp3) is 0.100. The normalized spacial score (nSPS) is 10.3. The highest BCUT2D eigenvalue weighted by Gasteiger charge is 2.10. The second kappa shape index (κ2) is 3.75. The van der Waals surface area contributed by atoms with Crippen molar-refractivity contribution >= 4 is 49.7 Å². The lowest BCUT2D eigenvalue weighted by molar-refractivity contribution is 1.31. The molecule has 0 aliphatic carbocycles. The molecule has 1 aromatic carbocycles. The number of nitrogens with two attached hydrogens (primary N) is 1. The van der Waals surface area contributed by atoms with E-state index in [1.807, 2.05) is 18.2 Å². The number of fused-ring (bicyclic) bond motifs is 1. The van der Waals surface area contributed by atoms with E-state index < -0.39 is 0 Å².